The average Bonchev–Trinajstić information content (AvgIpc) is 2.48. The number of nitrogens with one attached hydrogen (secondary N) is 1. The highest BCUT2D eigenvalue weighted by Gasteiger charge is 2.21. The van der Waals surface area contributed by atoms with Gasteiger partial charge >= 0.3 is 0 Å². The fourth-order valence-electron chi connectivity index (χ4n) is 2.34. The van der Waals surface area contributed by atoms with E-state index in [0.717, 1.165) is 25.2 Å². The minimum absolute atomic E-state index is 0.194. The van der Waals surface area contributed by atoms with Gasteiger partial charge in [-0.25, -0.2) is 0 Å². The SMILES string of the molecule is CNC1CCCOc2ccc(C(C)(C)C)cc21. The van der Waals surface area contributed by atoms with Crippen LogP contribution in [-0.4, -0.2) is 13.7 Å². The van der Waals surface area contributed by atoms with Crippen molar-refractivity contribution in [3.05, 3.63) is 29.3 Å². The minimum Gasteiger partial charge on any atom is -0.493 e. The number of fused-ring (bicyclic) bond motifs is 1. The van der Waals surface area contributed by atoms with Gasteiger partial charge in [0, 0.05) is 11.6 Å². The summed E-state index contributed by atoms with van der Waals surface area (Å²) < 4.78 is 5.81. The monoisotopic (exact) mass is 233 g/mol. The number of ether oxygens (including phenoxy) is 1. The van der Waals surface area contributed by atoms with E-state index in [1.54, 1.807) is 0 Å². The summed E-state index contributed by atoms with van der Waals surface area (Å²) in [6, 6.07) is 7.05. The van der Waals surface area contributed by atoms with Crippen LogP contribution in [0.4, 0.5) is 0 Å². The number of rotatable bonds is 1. The van der Waals surface area contributed by atoms with Crippen LogP contribution in [0.2, 0.25) is 0 Å². The molecule has 94 valence electrons. The Labute approximate surface area is 104 Å². The summed E-state index contributed by atoms with van der Waals surface area (Å²) in [7, 11) is 2.03. The molecule has 1 unspecified atom stereocenters. The third-order valence-electron chi connectivity index (χ3n) is 3.49. The van der Waals surface area contributed by atoms with Gasteiger partial charge in [-0.2, -0.15) is 0 Å². The molecule has 0 aliphatic carbocycles. The Hall–Kier alpha value is -1.02. The lowest BCUT2D eigenvalue weighted by Crippen LogP contribution is -2.17. The molecule has 0 amide bonds. The standard InChI is InChI=1S/C15H23NO/c1-15(2,3)11-7-8-14-12(10-11)13(16-4)6-5-9-17-14/h7-8,10,13,16H,5-6,9H2,1-4H3. The van der Waals surface area contributed by atoms with Gasteiger partial charge in [0.1, 0.15) is 5.75 Å². The largest absolute Gasteiger partial charge is 0.493 e. The van der Waals surface area contributed by atoms with Gasteiger partial charge in [-0.15, -0.1) is 0 Å². The molecule has 1 aromatic carbocycles. The second-order valence-corrected chi connectivity index (χ2v) is 5.83. The lowest BCUT2D eigenvalue weighted by molar-refractivity contribution is 0.315. The summed E-state index contributed by atoms with van der Waals surface area (Å²) >= 11 is 0. The van der Waals surface area contributed by atoms with Crippen LogP contribution in [0.15, 0.2) is 18.2 Å². The van der Waals surface area contributed by atoms with Crippen molar-refractivity contribution < 1.29 is 4.74 Å². The van der Waals surface area contributed by atoms with Gasteiger partial charge in [0.25, 0.3) is 0 Å². The van der Waals surface area contributed by atoms with Crippen LogP contribution < -0.4 is 10.1 Å². The number of hydrogen-bond acceptors (Lipinski definition) is 2. The van der Waals surface area contributed by atoms with Crippen molar-refractivity contribution in [1.82, 2.24) is 5.32 Å². The summed E-state index contributed by atoms with van der Waals surface area (Å²) in [5.41, 5.74) is 2.89. The van der Waals surface area contributed by atoms with E-state index < -0.39 is 0 Å². The molecule has 1 aromatic rings. The van der Waals surface area contributed by atoms with Crippen LogP contribution in [0.25, 0.3) is 0 Å². The van der Waals surface area contributed by atoms with Crippen LogP contribution in [0, 0.1) is 0 Å². The first-order chi connectivity index (χ1) is 8.02. The number of hydrogen-bond donors (Lipinski definition) is 1. The van der Waals surface area contributed by atoms with Crippen molar-refractivity contribution in [2.45, 2.75) is 45.1 Å². The maximum absolute atomic E-state index is 5.81. The van der Waals surface area contributed by atoms with Gasteiger partial charge in [0.2, 0.25) is 0 Å². The molecule has 2 nitrogen and oxygen atoms in total. The van der Waals surface area contributed by atoms with E-state index in [1.165, 1.54) is 11.1 Å². The van der Waals surface area contributed by atoms with E-state index >= 15 is 0 Å². The van der Waals surface area contributed by atoms with Crippen molar-refractivity contribution in [1.29, 1.82) is 0 Å². The minimum atomic E-state index is 0.194. The molecule has 1 atom stereocenters. The Morgan fingerprint density at radius 2 is 2.06 bits per heavy atom. The first kappa shape index (κ1) is 12.4. The van der Waals surface area contributed by atoms with Gasteiger partial charge in [-0.1, -0.05) is 26.8 Å². The Morgan fingerprint density at radius 3 is 2.71 bits per heavy atom. The second-order valence-electron chi connectivity index (χ2n) is 5.83. The Morgan fingerprint density at radius 1 is 1.29 bits per heavy atom. The molecular formula is C15H23NO. The highest BCUT2D eigenvalue weighted by Crippen LogP contribution is 2.35. The Bertz CT molecular complexity index is 392. The van der Waals surface area contributed by atoms with Crippen LogP contribution in [-0.2, 0) is 5.41 Å². The van der Waals surface area contributed by atoms with E-state index in [9.17, 15) is 0 Å². The zero-order valence-corrected chi connectivity index (χ0v) is 11.3. The molecule has 2 heteroatoms. The highest BCUT2D eigenvalue weighted by atomic mass is 16.5. The van der Waals surface area contributed by atoms with Crippen molar-refractivity contribution in [2.24, 2.45) is 0 Å². The zero-order valence-electron chi connectivity index (χ0n) is 11.3. The molecule has 2 rings (SSSR count). The van der Waals surface area contributed by atoms with Crippen LogP contribution in [0.1, 0.15) is 50.8 Å². The molecule has 0 fully saturated rings. The molecule has 1 aliphatic heterocycles. The summed E-state index contributed by atoms with van der Waals surface area (Å²) in [6.45, 7) is 7.59. The predicted molar refractivity (Wildman–Crippen MR) is 71.7 cm³/mol. The van der Waals surface area contributed by atoms with Gasteiger partial charge in [-0.05, 0) is 43.0 Å². The van der Waals surface area contributed by atoms with E-state index in [-0.39, 0.29) is 5.41 Å². The van der Waals surface area contributed by atoms with Gasteiger partial charge in [-0.3, -0.25) is 0 Å². The molecule has 0 bridgehead atoms. The van der Waals surface area contributed by atoms with Crippen molar-refractivity contribution in [2.75, 3.05) is 13.7 Å². The fraction of sp³-hybridized carbons (Fsp3) is 0.600. The van der Waals surface area contributed by atoms with E-state index in [2.05, 4.69) is 44.3 Å². The molecule has 0 saturated carbocycles. The predicted octanol–water partition coefficient (Wildman–Crippen LogP) is 3.42. The van der Waals surface area contributed by atoms with Gasteiger partial charge in [0.15, 0.2) is 0 Å². The molecule has 1 heterocycles. The maximum Gasteiger partial charge on any atom is 0.124 e. The molecule has 0 spiro atoms. The smallest absolute Gasteiger partial charge is 0.124 e. The van der Waals surface area contributed by atoms with Gasteiger partial charge in [0.05, 0.1) is 6.61 Å². The molecule has 17 heavy (non-hydrogen) atoms. The topological polar surface area (TPSA) is 21.3 Å². The van der Waals surface area contributed by atoms with Gasteiger partial charge < -0.3 is 10.1 Å². The molecule has 0 radical (unpaired) electrons. The summed E-state index contributed by atoms with van der Waals surface area (Å²) in [5.74, 6) is 1.05. The maximum atomic E-state index is 5.81. The first-order valence-corrected chi connectivity index (χ1v) is 6.47. The first-order valence-electron chi connectivity index (χ1n) is 6.47. The van der Waals surface area contributed by atoms with E-state index in [4.69, 9.17) is 4.74 Å². The highest BCUT2D eigenvalue weighted by molar-refractivity contribution is 5.42. The molecule has 1 aliphatic rings. The zero-order chi connectivity index (χ0) is 12.5. The molecular weight excluding hydrogens is 210 g/mol. The van der Waals surface area contributed by atoms with Crippen molar-refractivity contribution in [3.63, 3.8) is 0 Å². The van der Waals surface area contributed by atoms with Crippen molar-refractivity contribution in [3.8, 4) is 5.75 Å². The second kappa shape index (κ2) is 4.69. The average molecular weight is 233 g/mol. The third kappa shape index (κ3) is 2.63. The normalized spacial score (nSPS) is 20.4. The van der Waals surface area contributed by atoms with Crippen LogP contribution >= 0.6 is 0 Å². The molecule has 0 aromatic heterocycles. The number of benzene rings is 1. The van der Waals surface area contributed by atoms with E-state index in [1.807, 2.05) is 7.05 Å². The summed E-state index contributed by atoms with van der Waals surface area (Å²) in [5, 5.41) is 3.40. The van der Waals surface area contributed by atoms with E-state index in [0.29, 0.717) is 6.04 Å². The molecule has 0 saturated heterocycles. The molecule has 1 N–H and O–H groups in total. The summed E-state index contributed by atoms with van der Waals surface area (Å²) in [4.78, 5) is 0. The lowest BCUT2D eigenvalue weighted by Gasteiger charge is -2.23. The lowest BCUT2D eigenvalue weighted by atomic mass is 9.85. The van der Waals surface area contributed by atoms with Crippen LogP contribution in [0.5, 0.6) is 5.75 Å². The third-order valence-corrected chi connectivity index (χ3v) is 3.49. The quantitative estimate of drug-likeness (QED) is 0.802. The summed E-state index contributed by atoms with van der Waals surface area (Å²) in [6.07, 6.45) is 2.27. The van der Waals surface area contributed by atoms with Crippen molar-refractivity contribution >= 4 is 0 Å². The Balaban J connectivity index is 2.43. The Kier molecular flexibility index (Phi) is 3.43. The van der Waals surface area contributed by atoms with Crippen LogP contribution in [0.3, 0.4) is 0 Å². The fourth-order valence-corrected chi connectivity index (χ4v) is 2.34.